The van der Waals surface area contributed by atoms with Gasteiger partial charge in [-0.1, -0.05) is 31.5 Å². The molecule has 2 fully saturated rings. The Labute approximate surface area is 123 Å². The van der Waals surface area contributed by atoms with Crippen LogP contribution in [0.2, 0.25) is 0 Å². The molecule has 1 amide bonds. The number of fused-ring (bicyclic) bond motifs is 1. The summed E-state index contributed by atoms with van der Waals surface area (Å²) in [6, 6.07) is 7.07. The van der Waals surface area contributed by atoms with Crippen molar-refractivity contribution in [3.8, 4) is 5.75 Å². The van der Waals surface area contributed by atoms with Crippen LogP contribution in [0.25, 0.3) is 0 Å². The summed E-state index contributed by atoms with van der Waals surface area (Å²) < 4.78 is 10.9. The second kappa shape index (κ2) is 5.85. The largest absolute Gasteiger partial charge is 0.415 e. The molecule has 0 radical (unpaired) electrons. The molecule has 2 heterocycles. The third kappa shape index (κ3) is 2.65. The Morgan fingerprint density at radius 1 is 1.43 bits per heavy atom. The number of aryl methyl sites for hydroxylation is 1. The van der Waals surface area contributed by atoms with Crippen molar-refractivity contribution in [2.24, 2.45) is 0 Å². The van der Waals surface area contributed by atoms with Crippen molar-refractivity contribution in [2.75, 3.05) is 13.2 Å². The SMILES string of the molecule is CCCc1ccccc1OC(=O)N1CCC2OCC(=O)C21. The van der Waals surface area contributed by atoms with Crippen LogP contribution in [-0.2, 0) is 16.0 Å². The van der Waals surface area contributed by atoms with E-state index < -0.39 is 12.1 Å². The van der Waals surface area contributed by atoms with Crippen LogP contribution in [-0.4, -0.2) is 42.1 Å². The van der Waals surface area contributed by atoms with Crippen molar-refractivity contribution < 1.29 is 19.1 Å². The molecule has 1 aromatic rings. The van der Waals surface area contributed by atoms with E-state index in [-0.39, 0.29) is 18.5 Å². The van der Waals surface area contributed by atoms with Gasteiger partial charge in [0.2, 0.25) is 0 Å². The quantitative estimate of drug-likeness (QED) is 0.856. The van der Waals surface area contributed by atoms with E-state index in [1.807, 2.05) is 18.2 Å². The van der Waals surface area contributed by atoms with Crippen LogP contribution >= 0.6 is 0 Å². The fourth-order valence-corrected chi connectivity index (χ4v) is 3.03. The predicted molar refractivity (Wildman–Crippen MR) is 76.3 cm³/mol. The van der Waals surface area contributed by atoms with Crippen molar-refractivity contribution in [3.05, 3.63) is 29.8 Å². The molecular weight excluding hydrogens is 270 g/mol. The lowest BCUT2D eigenvalue weighted by Gasteiger charge is -2.21. The van der Waals surface area contributed by atoms with Gasteiger partial charge in [-0.25, -0.2) is 4.79 Å². The van der Waals surface area contributed by atoms with Gasteiger partial charge in [0, 0.05) is 6.54 Å². The molecule has 0 bridgehead atoms. The predicted octanol–water partition coefficient (Wildman–Crippen LogP) is 2.18. The highest BCUT2D eigenvalue weighted by Gasteiger charge is 2.47. The lowest BCUT2D eigenvalue weighted by atomic mass is 10.1. The third-order valence-corrected chi connectivity index (χ3v) is 4.04. The molecule has 2 unspecified atom stereocenters. The van der Waals surface area contributed by atoms with Crippen LogP contribution in [0.1, 0.15) is 25.3 Å². The summed E-state index contributed by atoms with van der Waals surface area (Å²) in [7, 11) is 0. The standard InChI is InChI=1S/C16H19NO4/c1-2-5-11-6-3-4-7-13(11)21-16(19)17-9-8-14-15(17)12(18)10-20-14/h3-4,6-7,14-15H,2,5,8-10H2,1H3. The summed E-state index contributed by atoms with van der Waals surface area (Å²) in [6.07, 6.45) is 1.93. The number of hydrogen-bond donors (Lipinski definition) is 0. The molecule has 3 rings (SSSR count). The van der Waals surface area contributed by atoms with Gasteiger partial charge in [-0.3, -0.25) is 9.69 Å². The monoisotopic (exact) mass is 289 g/mol. The van der Waals surface area contributed by atoms with E-state index in [0.29, 0.717) is 18.7 Å². The molecular formula is C16H19NO4. The van der Waals surface area contributed by atoms with Crippen LogP contribution in [0.4, 0.5) is 4.79 Å². The fraction of sp³-hybridized carbons (Fsp3) is 0.500. The number of benzene rings is 1. The molecule has 1 aromatic carbocycles. The molecule has 2 atom stereocenters. The summed E-state index contributed by atoms with van der Waals surface area (Å²) >= 11 is 0. The lowest BCUT2D eigenvalue weighted by molar-refractivity contribution is -0.120. The maximum Gasteiger partial charge on any atom is 0.415 e. The van der Waals surface area contributed by atoms with Crippen molar-refractivity contribution >= 4 is 11.9 Å². The topological polar surface area (TPSA) is 55.8 Å². The highest BCUT2D eigenvalue weighted by molar-refractivity contribution is 5.91. The van der Waals surface area contributed by atoms with Crippen molar-refractivity contribution in [1.29, 1.82) is 0 Å². The Kier molecular flexibility index (Phi) is 3.92. The average molecular weight is 289 g/mol. The van der Waals surface area contributed by atoms with Crippen LogP contribution in [0.5, 0.6) is 5.75 Å². The summed E-state index contributed by atoms with van der Waals surface area (Å²) in [5.74, 6) is 0.551. The van der Waals surface area contributed by atoms with E-state index in [9.17, 15) is 9.59 Å². The Bertz CT molecular complexity index is 557. The molecule has 5 nitrogen and oxygen atoms in total. The molecule has 112 valence electrons. The number of carbonyl (C=O) groups is 2. The number of likely N-dealkylation sites (tertiary alicyclic amines) is 1. The van der Waals surface area contributed by atoms with Gasteiger partial charge in [0.15, 0.2) is 5.78 Å². The summed E-state index contributed by atoms with van der Waals surface area (Å²) in [6.45, 7) is 2.69. The molecule has 0 spiro atoms. The van der Waals surface area contributed by atoms with Crippen LogP contribution in [0.15, 0.2) is 24.3 Å². The van der Waals surface area contributed by atoms with Gasteiger partial charge in [0.25, 0.3) is 0 Å². The smallest absolute Gasteiger partial charge is 0.410 e. The van der Waals surface area contributed by atoms with Gasteiger partial charge < -0.3 is 9.47 Å². The summed E-state index contributed by atoms with van der Waals surface area (Å²) in [4.78, 5) is 25.7. The van der Waals surface area contributed by atoms with Gasteiger partial charge >= 0.3 is 6.09 Å². The van der Waals surface area contributed by atoms with Crippen LogP contribution in [0.3, 0.4) is 0 Å². The van der Waals surface area contributed by atoms with E-state index in [0.717, 1.165) is 18.4 Å². The lowest BCUT2D eigenvalue weighted by Crippen LogP contribution is -2.43. The maximum absolute atomic E-state index is 12.4. The first-order chi connectivity index (χ1) is 10.2. The molecule has 0 saturated carbocycles. The van der Waals surface area contributed by atoms with Gasteiger partial charge in [-0.15, -0.1) is 0 Å². The zero-order chi connectivity index (χ0) is 14.8. The van der Waals surface area contributed by atoms with Gasteiger partial charge in [0.1, 0.15) is 18.4 Å². The van der Waals surface area contributed by atoms with Crippen molar-refractivity contribution in [1.82, 2.24) is 4.90 Å². The second-order valence-corrected chi connectivity index (χ2v) is 5.47. The molecule has 2 aliphatic heterocycles. The third-order valence-electron chi connectivity index (χ3n) is 4.04. The Balaban J connectivity index is 1.73. The number of para-hydroxylation sites is 1. The van der Waals surface area contributed by atoms with Crippen LogP contribution in [0, 0.1) is 0 Å². The van der Waals surface area contributed by atoms with Crippen molar-refractivity contribution in [3.63, 3.8) is 0 Å². The van der Waals surface area contributed by atoms with E-state index >= 15 is 0 Å². The molecule has 5 heteroatoms. The molecule has 21 heavy (non-hydrogen) atoms. The number of carbonyl (C=O) groups excluding carboxylic acids is 2. The molecule has 0 aliphatic carbocycles. The van der Waals surface area contributed by atoms with Crippen molar-refractivity contribution in [2.45, 2.75) is 38.3 Å². The Morgan fingerprint density at radius 3 is 3.05 bits per heavy atom. The number of rotatable bonds is 3. The van der Waals surface area contributed by atoms with Crippen LogP contribution < -0.4 is 4.74 Å². The number of Topliss-reactive ketones (excluding diaryl/α,β-unsaturated/α-hetero) is 1. The average Bonchev–Trinajstić information content (AvgIpc) is 3.05. The number of ether oxygens (including phenoxy) is 2. The fourth-order valence-electron chi connectivity index (χ4n) is 3.03. The number of hydrogen-bond acceptors (Lipinski definition) is 4. The Hall–Kier alpha value is -1.88. The summed E-state index contributed by atoms with van der Waals surface area (Å²) in [5.41, 5.74) is 1.01. The minimum atomic E-state index is -0.462. The number of amides is 1. The second-order valence-electron chi connectivity index (χ2n) is 5.47. The number of nitrogens with zero attached hydrogens (tertiary/aromatic N) is 1. The first-order valence-electron chi connectivity index (χ1n) is 7.41. The molecule has 0 N–H and O–H groups in total. The van der Waals surface area contributed by atoms with E-state index in [1.54, 1.807) is 6.07 Å². The summed E-state index contributed by atoms with van der Waals surface area (Å²) in [5, 5.41) is 0. The van der Waals surface area contributed by atoms with E-state index in [2.05, 4.69) is 6.92 Å². The van der Waals surface area contributed by atoms with E-state index in [1.165, 1.54) is 4.90 Å². The highest BCUT2D eigenvalue weighted by Crippen LogP contribution is 2.28. The molecule has 2 aliphatic rings. The van der Waals surface area contributed by atoms with E-state index in [4.69, 9.17) is 9.47 Å². The Morgan fingerprint density at radius 2 is 2.24 bits per heavy atom. The van der Waals surface area contributed by atoms with Gasteiger partial charge in [-0.2, -0.15) is 0 Å². The maximum atomic E-state index is 12.4. The zero-order valence-electron chi connectivity index (χ0n) is 12.1. The van der Waals surface area contributed by atoms with Gasteiger partial charge in [0.05, 0.1) is 6.10 Å². The first-order valence-corrected chi connectivity index (χ1v) is 7.41. The van der Waals surface area contributed by atoms with Gasteiger partial charge in [-0.05, 0) is 24.5 Å². The first kappa shape index (κ1) is 14.1. The molecule has 2 saturated heterocycles. The minimum Gasteiger partial charge on any atom is -0.410 e. The molecule has 0 aromatic heterocycles. The highest BCUT2D eigenvalue weighted by atomic mass is 16.6. The number of ketones is 1. The zero-order valence-corrected chi connectivity index (χ0v) is 12.1. The normalized spacial score (nSPS) is 24.2. The minimum absolute atomic E-state index is 0.0312.